The molecule has 7 nitrogen and oxygen atoms in total. The van der Waals surface area contributed by atoms with Gasteiger partial charge in [-0.05, 0) is 37.1 Å². The van der Waals surface area contributed by atoms with E-state index in [2.05, 4.69) is 15.0 Å². The highest BCUT2D eigenvalue weighted by molar-refractivity contribution is 5.98. The molecule has 1 fully saturated rings. The lowest BCUT2D eigenvalue weighted by molar-refractivity contribution is 0.0705. The van der Waals surface area contributed by atoms with Crippen molar-refractivity contribution in [3.05, 3.63) is 72.1 Å². The fourth-order valence-electron chi connectivity index (χ4n) is 3.48. The summed E-state index contributed by atoms with van der Waals surface area (Å²) in [7, 11) is 0. The zero-order chi connectivity index (χ0) is 20.2. The Bertz CT molecular complexity index is 1030. The van der Waals surface area contributed by atoms with Crippen molar-refractivity contribution in [2.24, 2.45) is 0 Å². The molecule has 8 heteroatoms. The van der Waals surface area contributed by atoms with E-state index < -0.39 is 5.82 Å². The number of ether oxygens (including phenoxy) is 1. The highest BCUT2D eigenvalue weighted by Crippen LogP contribution is 2.33. The quantitative estimate of drug-likeness (QED) is 0.730. The molecule has 1 atom stereocenters. The zero-order valence-electron chi connectivity index (χ0n) is 15.7. The number of carbonyl (C=O) groups excluding carboxylic acids is 1. The molecule has 1 aliphatic heterocycles. The summed E-state index contributed by atoms with van der Waals surface area (Å²) in [5.74, 6) is -0.181. The fourth-order valence-corrected chi connectivity index (χ4v) is 3.48. The van der Waals surface area contributed by atoms with Crippen LogP contribution < -0.4 is 10.5 Å². The topological polar surface area (TPSA) is 94.2 Å². The van der Waals surface area contributed by atoms with Crippen LogP contribution in [0.2, 0.25) is 0 Å². The van der Waals surface area contributed by atoms with Gasteiger partial charge in [0.05, 0.1) is 5.56 Å². The molecular weight excluding hydrogens is 373 g/mol. The summed E-state index contributed by atoms with van der Waals surface area (Å²) in [5.41, 5.74) is 6.85. The molecule has 1 saturated heterocycles. The largest absolute Gasteiger partial charge is 0.434 e. The van der Waals surface area contributed by atoms with Crippen molar-refractivity contribution in [3.63, 3.8) is 0 Å². The van der Waals surface area contributed by atoms with Crippen LogP contribution in [0.15, 0.2) is 55.0 Å². The molecule has 2 N–H and O–H groups in total. The molecule has 0 saturated carbocycles. The molecule has 1 aromatic carbocycles. The molecule has 0 aliphatic carbocycles. The van der Waals surface area contributed by atoms with E-state index in [9.17, 15) is 9.18 Å². The SMILES string of the molecule is Nc1ncccc1C(=O)N1CCCC(c2nccnc2Oc2ccccc2F)C1. The van der Waals surface area contributed by atoms with E-state index >= 15 is 0 Å². The van der Waals surface area contributed by atoms with Crippen molar-refractivity contribution in [3.8, 4) is 11.6 Å². The number of nitrogen functional groups attached to an aromatic ring is 1. The molecule has 1 amide bonds. The maximum Gasteiger partial charge on any atom is 0.257 e. The van der Waals surface area contributed by atoms with Gasteiger partial charge in [0, 0.05) is 37.6 Å². The van der Waals surface area contributed by atoms with Gasteiger partial charge in [-0.15, -0.1) is 0 Å². The number of halogens is 1. The second kappa shape index (κ2) is 8.22. The van der Waals surface area contributed by atoms with Crippen LogP contribution >= 0.6 is 0 Å². The lowest BCUT2D eigenvalue weighted by Crippen LogP contribution is -2.39. The lowest BCUT2D eigenvalue weighted by Gasteiger charge is -2.33. The Hall–Kier alpha value is -3.55. The van der Waals surface area contributed by atoms with Gasteiger partial charge in [-0.25, -0.2) is 14.4 Å². The number of aromatic nitrogens is 3. The third-order valence-corrected chi connectivity index (χ3v) is 4.90. The highest BCUT2D eigenvalue weighted by Gasteiger charge is 2.30. The predicted octanol–water partition coefficient (Wildman–Crippen LogP) is 3.41. The Morgan fingerprint density at radius 3 is 2.76 bits per heavy atom. The number of amides is 1. The van der Waals surface area contributed by atoms with Crippen LogP contribution in [-0.4, -0.2) is 38.8 Å². The van der Waals surface area contributed by atoms with Crippen LogP contribution in [0.25, 0.3) is 0 Å². The first-order chi connectivity index (χ1) is 14.1. The van der Waals surface area contributed by atoms with Crippen LogP contribution in [0, 0.1) is 5.82 Å². The number of carbonyl (C=O) groups is 1. The Morgan fingerprint density at radius 2 is 1.93 bits per heavy atom. The molecule has 1 aliphatic rings. The molecule has 29 heavy (non-hydrogen) atoms. The average molecular weight is 393 g/mol. The second-order valence-electron chi connectivity index (χ2n) is 6.81. The Labute approximate surface area is 167 Å². The van der Waals surface area contributed by atoms with Crippen molar-refractivity contribution >= 4 is 11.7 Å². The van der Waals surface area contributed by atoms with Gasteiger partial charge in [0.1, 0.15) is 11.5 Å². The fraction of sp³-hybridized carbons (Fsp3) is 0.238. The van der Waals surface area contributed by atoms with Crippen LogP contribution in [-0.2, 0) is 0 Å². The van der Waals surface area contributed by atoms with Crippen molar-refractivity contribution in [1.29, 1.82) is 0 Å². The Morgan fingerprint density at radius 1 is 1.10 bits per heavy atom. The molecule has 148 valence electrons. The molecule has 0 spiro atoms. The number of hydrogen-bond donors (Lipinski definition) is 1. The standard InChI is InChI=1S/C21H20FN5O2/c22-16-7-1-2-8-17(16)29-20-18(24-10-11-26-20)14-5-4-12-27(13-14)21(28)15-6-3-9-25-19(15)23/h1-3,6-11,14H,4-5,12-13H2,(H2,23,25). The van der Waals surface area contributed by atoms with E-state index in [1.54, 1.807) is 41.6 Å². The summed E-state index contributed by atoms with van der Waals surface area (Å²) >= 11 is 0. The number of rotatable bonds is 4. The van der Waals surface area contributed by atoms with E-state index in [4.69, 9.17) is 10.5 Å². The molecule has 1 unspecified atom stereocenters. The van der Waals surface area contributed by atoms with Crippen molar-refractivity contribution in [1.82, 2.24) is 19.9 Å². The second-order valence-corrected chi connectivity index (χ2v) is 6.81. The van der Waals surface area contributed by atoms with Gasteiger partial charge in [0.15, 0.2) is 11.6 Å². The third kappa shape index (κ3) is 4.01. The highest BCUT2D eigenvalue weighted by atomic mass is 19.1. The summed E-state index contributed by atoms with van der Waals surface area (Å²) in [6, 6.07) is 9.50. The van der Waals surface area contributed by atoms with Crippen molar-refractivity contribution in [2.75, 3.05) is 18.8 Å². The van der Waals surface area contributed by atoms with Crippen LogP contribution in [0.1, 0.15) is 34.8 Å². The van der Waals surface area contributed by atoms with E-state index in [-0.39, 0.29) is 29.3 Å². The van der Waals surface area contributed by atoms with Gasteiger partial charge in [-0.2, -0.15) is 0 Å². The molecule has 3 aromatic rings. The van der Waals surface area contributed by atoms with E-state index in [0.29, 0.717) is 24.3 Å². The van der Waals surface area contributed by atoms with Gasteiger partial charge < -0.3 is 15.4 Å². The third-order valence-electron chi connectivity index (χ3n) is 4.90. The minimum absolute atomic E-state index is 0.0823. The van der Waals surface area contributed by atoms with E-state index in [1.165, 1.54) is 18.3 Å². The number of likely N-dealkylation sites (tertiary alicyclic amines) is 1. The molecular formula is C21H20FN5O2. The first-order valence-corrected chi connectivity index (χ1v) is 9.36. The minimum Gasteiger partial charge on any atom is -0.434 e. The molecule has 2 aromatic heterocycles. The van der Waals surface area contributed by atoms with Gasteiger partial charge in [0.2, 0.25) is 5.88 Å². The van der Waals surface area contributed by atoms with Gasteiger partial charge in [0.25, 0.3) is 5.91 Å². The smallest absolute Gasteiger partial charge is 0.257 e. The first-order valence-electron chi connectivity index (χ1n) is 9.36. The molecule has 0 radical (unpaired) electrons. The van der Waals surface area contributed by atoms with Crippen LogP contribution in [0.4, 0.5) is 10.2 Å². The Kier molecular flexibility index (Phi) is 5.33. The molecule has 0 bridgehead atoms. The van der Waals surface area contributed by atoms with E-state index in [0.717, 1.165) is 12.8 Å². The number of nitrogens with two attached hydrogens (primary N) is 1. The van der Waals surface area contributed by atoms with Crippen molar-refractivity contribution < 1.29 is 13.9 Å². The van der Waals surface area contributed by atoms with Crippen LogP contribution in [0.3, 0.4) is 0 Å². The summed E-state index contributed by atoms with van der Waals surface area (Å²) in [4.78, 5) is 27.3. The number of hydrogen-bond acceptors (Lipinski definition) is 6. The number of pyridine rings is 1. The van der Waals surface area contributed by atoms with Gasteiger partial charge >= 0.3 is 0 Å². The average Bonchev–Trinajstić information content (AvgIpc) is 2.76. The summed E-state index contributed by atoms with van der Waals surface area (Å²) in [6.45, 7) is 1.06. The molecule has 3 heterocycles. The van der Waals surface area contributed by atoms with Gasteiger partial charge in [-0.1, -0.05) is 12.1 Å². The van der Waals surface area contributed by atoms with Crippen molar-refractivity contribution in [2.45, 2.75) is 18.8 Å². The Balaban J connectivity index is 1.57. The number of para-hydroxylation sites is 1. The monoisotopic (exact) mass is 393 g/mol. The summed E-state index contributed by atoms with van der Waals surface area (Å²) in [5, 5.41) is 0. The normalized spacial score (nSPS) is 16.4. The maximum absolute atomic E-state index is 14.0. The number of benzene rings is 1. The number of anilines is 1. The lowest BCUT2D eigenvalue weighted by atomic mass is 9.94. The minimum atomic E-state index is -0.475. The zero-order valence-corrected chi connectivity index (χ0v) is 15.7. The van der Waals surface area contributed by atoms with Crippen LogP contribution in [0.5, 0.6) is 11.6 Å². The molecule has 4 rings (SSSR count). The number of piperidine rings is 1. The first kappa shape index (κ1) is 18.8. The van der Waals surface area contributed by atoms with E-state index in [1.807, 2.05) is 0 Å². The maximum atomic E-state index is 14.0. The summed E-state index contributed by atoms with van der Waals surface area (Å²) < 4.78 is 19.7. The number of nitrogens with zero attached hydrogens (tertiary/aromatic N) is 4. The predicted molar refractivity (Wildman–Crippen MR) is 105 cm³/mol. The van der Waals surface area contributed by atoms with Gasteiger partial charge in [-0.3, -0.25) is 9.78 Å². The summed E-state index contributed by atoms with van der Waals surface area (Å²) in [6.07, 6.45) is 6.24.